The summed E-state index contributed by atoms with van der Waals surface area (Å²) >= 11 is 5.45. The van der Waals surface area contributed by atoms with Gasteiger partial charge in [-0.1, -0.05) is 11.6 Å². The van der Waals surface area contributed by atoms with Gasteiger partial charge < -0.3 is 10.5 Å². The summed E-state index contributed by atoms with van der Waals surface area (Å²) in [5, 5.41) is 5.60. The van der Waals surface area contributed by atoms with Crippen molar-refractivity contribution >= 4 is 17.4 Å². The van der Waals surface area contributed by atoms with E-state index in [4.69, 9.17) is 22.1 Å². The van der Waals surface area contributed by atoms with Gasteiger partial charge in [0.05, 0.1) is 12.8 Å². The van der Waals surface area contributed by atoms with E-state index in [0.29, 0.717) is 5.69 Å². The maximum absolute atomic E-state index is 13.7. The van der Waals surface area contributed by atoms with Crippen molar-refractivity contribution in [3.63, 3.8) is 0 Å². The standard InChI is InChI=1S/C10H8ClF2N3O/c1-17-10-4(6-3-7(14)16-15-6)2-5(12)8(11)9(10)13/h2-3H,1H3,(H3,14,15,16). The largest absolute Gasteiger partial charge is 0.493 e. The second-order valence-electron chi connectivity index (χ2n) is 3.27. The predicted octanol–water partition coefficient (Wildman–Crippen LogP) is 2.60. The number of methoxy groups -OCH3 is 1. The van der Waals surface area contributed by atoms with Crippen molar-refractivity contribution < 1.29 is 13.5 Å². The lowest BCUT2D eigenvalue weighted by molar-refractivity contribution is 0.386. The fourth-order valence-electron chi connectivity index (χ4n) is 1.45. The van der Waals surface area contributed by atoms with E-state index >= 15 is 0 Å². The summed E-state index contributed by atoms with van der Waals surface area (Å²) in [7, 11) is 1.26. The van der Waals surface area contributed by atoms with Crippen LogP contribution >= 0.6 is 11.6 Å². The zero-order valence-electron chi connectivity index (χ0n) is 8.72. The SMILES string of the molecule is COc1c(-c2cc(N)n[nH]2)cc(F)c(Cl)c1F. The van der Waals surface area contributed by atoms with Crippen LogP contribution in [0.4, 0.5) is 14.6 Å². The number of hydrogen-bond donors (Lipinski definition) is 2. The molecule has 0 saturated heterocycles. The minimum atomic E-state index is -0.961. The minimum Gasteiger partial charge on any atom is -0.493 e. The van der Waals surface area contributed by atoms with Gasteiger partial charge in [-0.15, -0.1) is 0 Å². The molecule has 0 amide bonds. The van der Waals surface area contributed by atoms with Crippen molar-refractivity contribution in [3.8, 4) is 17.0 Å². The molecule has 0 aliphatic rings. The van der Waals surface area contributed by atoms with Gasteiger partial charge in [-0.25, -0.2) is 8.78 Å². The Bertz CT molecular complexity index is 571. The van der Waals surface area contributed by atoms with Crippen LogP contribution in [0.3, 0.4) is 0 Å². The number of hydrogen-bond acceptors (Lipinski definition) is 3. The van der Waals surface area contributed by atoms with Gasteiger partial charge >= 0.3 is 0 Å². The fraction of sp³-hybridized carbons (Fsp3) is 0.100. The highest BCUT2D eigenvalue weighted by Crippen LogP contribution is 2.37. The molecule has 0 unspecified atom stereocenters. The summed E-state index contributed by atoms with van der Waals surface area (Å²) in [5.41, 5.74) is 5.92. The zero-order chi connectivity index (χ0) is 12.6. The maximum atomic E-state index is 13.7. The number of aromatic amines is 1. The number of anilines is 1. The smallest absolute Gasteiger partial charge is 0.187 e. The summed E-state index contributed by atoms with van der Waals surface area (Å²) in [6.45, 7) is 0. The van der Waals surface area contributed by atoms with Crippen molar-refractivity contribution in [1.29, 1.82) is 0 Å². The summed E-state index contributed by atoms with van der Waals surface area (Å²) in [6.07, 6.45) is 0. The highest BCUT2D eigenvalue weighted by molar-refractivity contribution is 6.31. The van der Waals surface area contributed by atoms with Crippen LogP contribution in [-0.4, -0.2) is 17.3 Å². The van der Waals surface area contributed by atoms with E-state index in [1.807, 2.05) is 0 Å². The lowest BCUT2D eigenvalue weighted by atomic mass is 10.1. The number of nitrogens with two attached hydrogens (primary N) is 1. The van der Waals surface area contributed by atoms with Gasteiger partial charge in [0, 0.05) is 11.6 Å². The molecule has 0 radical (unpaired) electrons. The number of nitrogens with one attached hydrogen (secondary N) is 1. The van der Waals surface area contributed by atoms with Crippen LogP contribution < -0.4 is 10.5 Å². The Labute approximate surface area is 100 Å². The first-order valence-electron chi connectivity index (χ1n) is 4.57. The van der Waals surface area contributed by atoms with Gasteiger partial charge in [0.2, 0.25) is 0 Å². The van der Waals surface area contributed by atoms with Gasteiger partial charge in [-0.2, -0.15) is 5.10 Å². The lowest BCUT2D eigenvalue weighted by Crippen LogP contribution is -1.96. The Morgan fingerprint density at radius 1 is 1.41 bits per heavy atom. The van der Waals surface area contributed by atoms with Crippen LogP contribution in [0.1, 0.15) is 0 Å². The number of benzene rings is 1. The average molecular weight is 260 g/mol. The number of H-pyrrole nitrogens is 1. The molecule has 3 N–H and O–H groups in total. The van der Waals surface area contributed by atoms with E-state index < -0.39 is 16.7 Å². The molecule has 1 aromatic carbocycles. The highest BCUT2D eigenvalue weighted by Gasteiger charge is 2.20. The van der Waals surface area contributed by atoms with Crippen LogP contribution in [0.15, 0.2) is 12.1 Å². The quantitative estimate of drug-likeness (QED) is 0.815. The number of ether oxygens (including phenoxy) is 1. The molecule has 1 heterocycles. The number of halogens is 3. The average Bonchev–Trinajstić information content (AvgIpc) is 2.72. The van der Waals surface area contributed by atoms with E-state index in [1.165, 1.54) is 13.2 Å². The molecule has 17 heavy (non-hydrogen) atoms. The van der Waals surface area contributed by atoms with Crippen LogP contribution in [0.25, 0.3) is 11.3 Å². The third-order valence-electron chi connectivity index (χ3n) is 2.21. The van der Waals surface area contributed by atoms with E-state index in [-0.39, 0.29) is 17.1 Å². The minimum absolute atomic E-state index is 0.163. The molecule has 0 spiro atoms. The Kier molecular flexibility index (Phi) is 2.89. The van der Waals surface area contributed by atoms with Crippen molar-refractivity contribution in [2.45, 2.75) is 0 Å². The first kappa shape index (κ1) is 11.7. The Morgan fingerprint density at radius 2 is 2.12 bits per heavy atom. The maximum Gasteiger partial charge on any atom is 0.187 e. The lowest BCUT2D eigenvalue weighted by Gasteiger charge is -2.09. The number of aromatic nitrogens is 2. The molecule has 0 atom stereocenters. The molecule has 7 heteroatoms. The molecule has 0 saturated carbocycles. The molecule has 2 rings (SSSR count). The first-order valence-corrected chi connectivity index (χ1v) is 4.95. The fourth-order valence-corrected chi connectivity index (χ4v) is 1.59. The predicted molar refractivity (Wildman–Crippen MR) is 59.9 cm³/mol. The van der Waals surface area contributed by atoms with Gasteiger partial charge in [0.25, 0.3) is 0 Å². The third-order valence-corrected chi connectivity index (χ3v) is 2.56. The van der Waals surface area contributed by atoms with Crippen LogP contribution in [0.2, 0.25) is 5.02 Å². The van der Waals surface area contributed by atoms with Crippen molar-refractivity contribution in [2.24, 2.45) is 0 Å². The first-order chi connectivity index (χ1) is 8.04. The van der Waals surface area contributed by atoms with Crippen LogP contribution in [-0.2, 0) is 0 Å². The van der Waals surface area contributed by atoms with E-state index in [2.05, 4.69) is 10.2 Å². The molecule has 0 aliphatic carbocycles. The Hall–Kier alpha value is -1.82. The Balaban J connectivity index is 2.69. The number of nitrogen functional groups attached to an aromatic ring is 1. The van der Waals surface area contributed by atoms with Crippen LogP contribution in [0.5, 0.6) is 5.75 Å². The van der Waals surface area contributed by atoms with E-state index in [0.717, 1.165) is 6.07 Å². The van der Waals surface area contributed by atoms with Gasteiger partial charge in [-0.05, 0) is 6.07 Å². The third kappa shape index (κ3) is 1.91. The molecule has 2 aromatic rings. The monoisotopic (exact) mass is 259 g/mol. The topological polar surface area (TPSA) is 63.9 Å². The second-order valence-corrected chi connectivity index (χ2v) is 3.65. The van der Waals surface area contributed by atoms with Gasteiger partial charge in [-0.3, -0.25) is 5.10 Å². The van der Waals surface area contributed by atoms with Crippen molar-refractivity contribution in [1.82, 2.24) is 10.2 Å². The number of rotatable bonds is 2. The van der Waals surface area contributed by atoms with Crippen molar-refractivity contribution in [3.05, 3.63) is 28.8 Å². The molecular weight excluding hydrogens is 252 g/mol. The van der Waals surface area contributed by atoms with E-state index in [9.17, 15) is 8.78 Å². The summed E-state index contributed by atoms with van der Waals surface area (Å²) < 4.78 is 31.9. The summed E-state index contributed by atoms with van der Waals surface area (Å²) in [6, 6.07) is 2.49. The normalized spacial score (nSPS) is 10.6. The zero-order valence-corrected chi connectivity index (χ0v) is 9.48. The molecule has 1 aromatic heterocycles. The molecule has 90 valence electrons. The van der Waals surface area contributed by atoms with Gasteiger partial charge in [0.1, 0.15) is 16.7 Å². The molecular formula is C10H8ClF2N3O. The molecule has 0 bridgehead atoms. The molecule has 0 fully saturated rings. The van der Waals surface area contributed by atoms with E-state index in [1.54, 1.807) is 0 Å². The van der Waals surface area contributed by atoms with Crippen LogP contribution in [0, 0.1) is 11.6 Å². The van der Waals surface area contributed by atoms with Gasteiger partial charge in [0.15, 0.2) is 11.6 Å². The van der Waals surface area contributed by atoms with Crippen molar-refractivity contribution in [2.75, 3.05) is 12.8 Å². The summed E-state index contributed by atoms with van der Waals surface area (Å²) in [5.74, 6) is -1.80. The Morgan fingerprint density at radius 3 is 2.65 bits per heavy atom. The second kappa shape index (κ2) is 4.21. The molecule has 0 aliphatic heterocycles. The summed E-state index contributed by atoms with van der Waals surface area (Å²) in [4.78, 5) is 0. The molecule has 4 nitrogen and oxygen atoms in total. The number of nitrogens with zero attached hydrogens (tertiary/aromatic N) is 1. The highest BCUT2D eigenvalue weighted by atomic mass is 35.5.